The van der Waals surface area contributed by atoms with E-state index in [2.05, 4.69) is 27.7 Å². The van der Waals surface area contributed by atoms with Crippen molar-refractivity contribution < 1.29 is 5.11 Å². The second kappa shape index (κ2) is 9.21. The third-order valence-electron chi connectivity index (χ3n) is 3.20. The minimum atomic E-state index is 0.378. The Labute approximate surface area is 96.3 Å². The van der Waals surface area contributed by atoms with Crippen molar-refractivity contribution in [3.8, 4) is 0 Å². The largest absolute Gasteiger partial charge is 0.396 e. The molecule has 0 heterocycles. The van der Waals surface area contributed by atoms with E-state index in [1.165, 1.54) is 38.5 Å². The molecule has 0 fully saturated rings. The van der Waals surface area contributed by atoms with Crippen LogP contribution < -0.4 is 0 Å². The van der Waals surface area contributed by atoms with Gasteiger partial charge >= 0.3 is 0 Å². The molecule has 2 unspecified atom stereocenters. The van der Waals surface area contributed by atoms with E-state index >= 15 is 0 Å². The summed E-state index contributed by atoms with van der Waals surface area (Å²) in [5.74, 6) is 2.10. The normalized spacial score (nSPS) is 15.6. The molecule has 1 nitrogen and oxygen atoms in total. The lowest BCUT2D eigenvalue weighted by atomic mass is 9.88. The van der Waals surface area contributed by atoms with E-state index < -0.39 is 0 Å². The van der Waals surface area contributed by atoms with Gasteiger partial charge in [-0.2, -0.15) is 0 Å². The van der Waals surface area contributed by atoms with Gasteiger partial charge in [-0.1, -0.05) is 53.4 Å². The van der Waals surface area contributed by atoms with Gasteiger partial charge in [-0.25, -0.2) is 0 Å². The average Bonchev–Trinajstić information content (AvgIpc) is 2.20. The molecule has 0 saturated heterocycles. The molecule has 0 aliphatic heterocycles. The molecule has 0 aliphatic rings. The van der Waals surface area contributed by atoms with Gasteiger partial charge < -0.3 is 5.11 Å². The van der Waals surface area contributed by atoms with Gasteiger partial charge in [0.15, 0.2) is 0 Å². The minimum absolute atomic E-state index is 0.378. The Morgan fingerprint density at radius 2 is 1.67 bits per heavy atom. The van der Waals surface area contributed by atoms with Gasteiger partial charge in [-0.15, -0.1) is 0 Å². The first-order chi connectivity index (χ1) is 7.10. The fourth-order valence-corrected chi connectivity index (χ4v) is 2.09. The Bertz CT molecular complexity index is 131. The molecule has 0 rings (SSSR count). The van der Waals surface area contributed by atoms with Crippen LogP contribution in [0, 0.1) is 17.8 Å². The van der Waals surface area contributed by atoms with Crippen molar-refractivity contribution in [2.75, 3.05) is 6.61 Å². The lowest BCUT2D eigenvalue weighted by Crippen LogP contribution is -2.12. The van der Waals surface area contributed by atoms with Crippen LogP contribution in [0.2, 0.25) is 0 Å². The zero-order valence-electron chi connectivity index (χ0n) is 11.1. The van der Waals surface area contributed by atoms with E-state index in [0.717, 1.165) is 11.8 Å². The molecule has 1 N–H and O–H groups in total. The Morgan fingerprint density at radius 1 is 1.00 bits per heavy atom. The fraction of sp³-hybridized carbons (Fsp3) is 1.00. The molecular weight excluding hydrogens is 184 g/mol. The molecular formula is C14H30O. The van der Waals surface area contributed by atoms with Crippen molar-refractivity contribution in [3.05, 3.63) is 0 Å². The number of aliphatic hydroxyl groups is 1. The summed E-state index contributed by atoms with van der Waals surface area (Å²) in [6.45, 7) is 9.47. The van der Waals surface area contributed by atoms with Crippen molar-refractivity contribution in [2.45, 2.75) is 66.2 Å². The van der Waals surface area contributed by atoms with E-state index in [1.54, 1.807) is 0 Å². The second-order valence-electron chi connectivity index (χ2n) is 5.50. The highest BCUT2D eigenvalue weighted by molar-refractivity contribution is 4.64. The van der Waals surface area contributed by atoms with Crippen LogP contribution in [0.5, 0.6) is 0 Å². The van der Waals surface area contributed by atoms with Crippen molar-refractivity contribution in [1.82, 2.24) is 0 Å². The third-order valence-corrected chi connectivity index (χ3v) is 3.20. The van der Waals surface area contributed by atoms with Gasteiger partial charge in [0, 0.05) is 6.61 Å². The molecule has 0 saturated carbocycles. The molecule has 0 radical (unpaired) electrons. The Kier molecular flexibility index (Phi) is 9.18. The molecule has 0 aliphatic carbocycles. The highest BCUT2D eigenvalue weighted by Gasteiger charge is 2.12. The molecule has 92 valence electrons. The summed E-state index contributed by atoms with van der Waals surface area (Å²) in [4.78, 5) is 0. The van der Waals surface area contributed by atoms with Crippen LogP contribution in [0.1, 0.15) is 66.2 Å². The van der Waals surface area contributed by atoms with E-state index in [4.69, 9.17) is 0 Å². The summed E-state index contributed by atoms with van der Waals surface area (Å²) in [7, 11) is 0. The molecule has 0 aromatic heterocycles. The maximum Gasteiger partial charge on any atom is 0.0459 e. The lowest BCUT2D eigenvalue weighted by molar-refractivity contribution is 0.186. The van der Waals surface area contributed by atoms with Crippen molar-refractivity contribution in [1.29, 1.82) is 0 Å². The molecule has 0 amide bonds. The molecule has 2 atom stereocenters. The molecule has 15 heavy (non-hydrogen) atoms. The number of hydrogen-bond acceptors (Lipinski definition) is 1. The van der Waals surface area contributed by atoms with Gasteiger partial charge in [0.25, 0.3) is 0 Å². The van der Waals surface area contributed by atoms with Crippen LogP contribution in [0.25, 0.3) is 0 Å². The maximum atomic E-state index is 9.31. The Balaban J connectivity index is 3.67. The number of hydrogen-bond donors (Lipinski definition) is 1. The summed E-state index contributed by atoms with van der Waals surface area (Å²) in [5, 5.41) is 9.31. The maximum absolute atomic E-state index is 9.31. The first kappa shape index (κ1) is 15.0. The van der Waals surface area contributed by atoms with Gasteiger partial charge in [-0.3, -0.25) is 0 Å². The predicted octanol–water partition coefficient (Wildman–Crippen LogP) is 4.25. The number of rotatable bonds is 9. The van der Waals surface area contributed by atoms with Gasteiger partial charge in [0.2, 0.25) is 0 Å². The van der Waals surface area contributed by atoms with Crippen LogP contribution in [0.4, 0.5) is 0 Å². The summed E-state index contributed by atoms with van der Waals surface area (Å²) in [6.07, 6.45) is 7.62. The van der Waals surface area contributed by atoms with Gasteiger partial charge in [0.05, 0.1) is 0 Å². The molecule has 0 bridgehead atoms. The average molecular weight is 214 g/mol. The lowest BCUT2D eigenvalue weighted by Gasteiger charge is -2.19. The standard InChI is InChI=1S/C14H30O/c1-5-6-7-13(4)10-14(11-15)9-8-12(2)3/h12-15H,5-11H2,1-4H3. The van der Waals surface area contributed by atoms with Crippen molar-refractivity contribution in [3.63, 3.8) is 0 Å². The van der Waals surface area contributed by atoms with Crippen LogP contribution >= 0.6 is 0 Å². The van der Waals surface area contributed by atoms with Gasteiger partial charge in [0.1, 0.15) is 0 Å². The quantitative estimate of drug-likeness (QED) is 0.608. The number of unbranched alkanes of at least 4 members (excludes halogenated alkanes) is 1. The van der Waals surface area contributed by atoms with Crippen LogP contribution in [-0.2, 0) is 0 Å². The summed E-state index contributed by atoms with van der Waals surface area (Å²) >= 11 is 0. The summed E-state index contributed by atoms with van der Waals surface area (Å²) in [5.41, 5.74) is 0. The molecule has 0 spiro atoms. The van der Waals surface area contributed by atoms with E-state index in [-0.39, 0.29) is 0 Å². The number of aliphatic hydroxyl groups excluding tert-OH is 1. The van der Waals surface area contributed by atoms with E-state index in [0.29, 0.717) is 12.5 Å². The van der Waals surface area contributed by atoms with Crippen LogP contribution in [0.3, 0.4) is 0 Å². The van der Waals surface area contributed by atoms with Crippen LogP contribution in [0.15, 0.2) is 0 Å². The summed E-state index contributed by atoms with van der Waals surface area (Å²) < 4.78 is 0. The zero-order chi connectivity index (χ0) is 11.7. The summed E-state index contributed by atoms with van der Waals surface area (Å²) in [6, 6.07) is 0. The zero-order valence-corrected chi connectivity index (χ0v) is 11.1. The van der Waals surface area contributed by atoms with E-state index in [1.807, 2.05) is 0 Å². The monoisotopic (exact) mass is 214 g/mol. The molecule has 0 aromatic rings. The SMILES string of the molecule is CCCCC(C)CC(CO)CCC(C)C. The minimum Gasteiger partial charge on any atom is -0.396 e. The smallest absolute Gasteiger partial charge is 0.0459 e. The highest BCUT2D eigenvalue weighted by Crippen LogP contribution is 2.22. The molecule has 1 heteroatoms. The van der Waals surface area contributed by atoms with Crippen LogP contribution in [-0.4, -0.2) is 11.7 Å². The fourth-order valence-electron chi connectivity index (χ4n) is 2.09. The topological polar surface area (TPSA) is 20.2 Å². The predicted molar refractivity (Wildman–Crippen MR) is 68.0 cm³/mol. The first-order valence-electron chi connectivity index (χ1n) is 6.70. The third kappa shape index (κ3) is 8.92. The highest BCUT2D eigenvalue weighted by atomic mass is 16.3. The van der Waals surface area contributed by atoms with Crippen molar-refractivity contribution in [2.24, 2.45) is 17.8 Å². The van der Waals surface area contributed by atoms with Gasteiger partial charge in [-0.05, 0) is 30.6 Å². The van der Waals surface area contributed by atoms with Crippen molar-refractivity contribution >= 4 is 0 Å². The Hall–Kier alpha value is -0.0400. The second-order valence-corrected chi connectivity index (χ2v) is 5.50. The Morgan fingerprint density at radius 3 is 2.13 bits per heavy atom. The van der Waals surface area contributed by atoms with E-state index in [9.17, 15) is 5.11 Å². The molecule has 0 aromatic carbocycles. The first-order valence-corrected chi connectivity index (χ1v) is 6.70.